The molecule has 2 aliphatic heterocycles. The summed E-state index contributed by atoms with van der Waals surface area (Å²) < 4.78 is 26.6. The molecule has 0 unspecified atom stereocenters. The van der Waals surface area contributed by atoms with Crippen LogP contribution in [-0.2, 0) is 10.2 Å². The first-order chi connectivity index (χ1) is 19.5. The summed E-state index contributed by atoms with van der Waals surface area (Å²) in [6.45, 7) is 3.52. The van der Waals surface area contributed by atoms with E-state index < -0.39 is 5.41 Å². The number of carbonyl (C=O) groups is 1. The Morgan fingerprint density at radius 2 is 1.85 bits per heavy atom. The third-order valence-electron chi connectivity index (χ3n) is 8.40. The molecule has 3 aromatic carbocycles. The molecule has 3 heterocycles. The van der Waals surface area contributed by atoms with E-state index in [-0.39, 0.29) is 17.8 Å². The maximum Gasteiger partial charge on any atom is 0.251 e. The van der Waals surface area contributed by atoms with Gasteiger partial charge < -0.3 is 19.7 Å². The normalized spacial score (nSPS) is 18.1. The molecule has 0 spiro atoms. The summed E-state index contributed by atoms with van der Waals surface area (Å²) in [7, 11) is 2.14. The molecule has 1 aromatic heterocycles. The number of rotatable bonds is 7. The Bertz CT molecular complexity index is 1470. The summed E-state index contributed by atoms with van der Waals surface area (Å²) in [5.74, 6) is 0.416. The van der Waals surface area contributed by atoms with E-state index in [9.17, 15) is 9.18 Å². The number of benzene rings is 3. The molecule has 8 heteroatoms. The zero-order valence-electron chi connectivity index (χ0n) is 22.8. The lowest BCUT2D eigenvalue weighted by atomic mass is 9.73. The van der Waals surface area contributed by atoms with Crippen LogP contribution < -0.4 is 10.1 Å². The van der Waals surface area contributed by atoms with E-state index in [2.05, 4.69) is 27.5 Å². The van der Waals surface area contributed by atoms with Gasteiger partial charge in [-0.15, -0.1) is 0 Å². The summed E-state index contributed by atoms with van der Waals surface area (Å²) in [6, 6.07) is 20.4. The lowest BCUT2D eigenvalue weighted by Crippen LogP contribution is -2.45. The van der Waals surface area contributed by atoms with Crippen molar-refractivity contribution >= 4 is 16.8 Å². The van der Waals surface area contributed by atoms with Crippen molar-refractivity contribution in [3.63, 3.8) is 0 Å². The molecule has 6 rings (SSSR count). The van der Waals surface area contributed by atoms with Gasteiger partial charge in [-0.05, 0) is 86.8 Å². The smallest absolute Gasteiger partial charge is 0.251 e. The van der Waals surface area contributed by atoms with Crippen molar-refractivity contribution in [1.29, 1.82) is 0 Å². The van der Waals surface area contributed by atoms with Crippen molar-refractivity contribution in [3.05, 3.63) is 83.7 Å². The van der Waals surface area contributed by atoms with Crippen LogP contribution in [0.25, 0.3) is 22.2 Å². The van der Waals surface area contributed by atoms with Crippen LogP contribution in [0.2, 0.25) is 0 Å². The van der Waals surface area contributed by atoms with Crippen LogP contribution in [0.1, 0.15) is 41.6 Å². The SMILES string of the molecule is CN1CCC(Oc2ccc(-c3n[nH]c4ccc(C(=O)NCC5(c6ccccc6F)CCOCC5)cc34)cc2)CC1. The quantitative estimate of drug-likeness (QED) is 0.331. The summed E-state index contributed by atoms with van der Waals surface area (Å²) in [5, 5.41) is 11.6. The second-order valence-corrected chi connectivity index (χ2v) is 11.0. The number of aromatic amines is 1. The number of fused-ring (bicyclic) bond motifs is 1. The topological polar surface area (TPSA) is 79.5 Å². The third kappa shape index (κ3) is 5.46. The highest BCUT2D eigenvalue weighted by Gasteiger charge is 2.37. The first-order valence-electron chi connectivity index (χ1n) is 14.1. The Morgan fingerprint density at radius 1 is 1.10 bits per heavy atom. The molecule has 4 aromatic rings. The fourth-order valence-corrected chi connectivity index (χ4v) is 5.91. The highest BCUT2D eigenvalue weighted by molar-refractivity contribution is 6.01. The van der Waals surface area contributed by atoms with Gasteiger partial charge in [-0.3, -0.25) is 9.89 Å². The predicted octanol–water partition coefficient (Wildman–Crippen LogP) is 5.32. The summed E-state index contributed by atoms with van der Waals surface area (Å²) in [4.78, 5) is 15.7. The van der Waals surface area contributed by atoms with E-state index in [0.717, 1.165) is 53.8 Å². The number of hydrogen-bond acceptors (Lipinski definition) is 5. The minimum absolute atomic E-state index is 0.196. The van der Waals surface area contributed by atoms with Crippen LogP contribution in [0.5, 0.6) is 5.75 Å². The van der Waals surface area contributed by atoms with E-state index in [1.165, 1.54) is 6.07 Å². The van der Waals surface area contributed by atoms with E-state index in [0.29, 0.717) is 43.7 Å². The number of carbonyl (C=O) groups excluding carboxylic acids is 1. The second-order valence-electron chi connectivity index (χ2n) is 11.0. The van der Waals surface area contributed by atoms with Crippen LogP contribution in [-0.4, -0.2) is 67.0 Å². The van der Waals surface area contributed by atoms with Gasteiger partial charge in [-0.25, -0.2) is 4.39 Å². The number of nitrogens with zero attached hydrogens (tertiary/aromatic N) is 2. The van der Waals surface area contributed by atoms with E-state index in [1.807, 2.05) is 48.5 Å². The van der Waals surface area contributed by atoms with Gasteiger partial charge in [0, 0.05) is 54.8 Å². The molecular formula is C32H35FN4O3. The number of aromatic nitrogens is 2. The first kappa shape index (κ1) is 26.5. The molecule has 0 bridgehead atoms. The molecule has 0 atom stereocenters. The van der Waals surface area contributed by atoms with Crippen LogP contribution >= 0.6 is 0 Å². The Labute approximate surface area is 233 Å². The van der Waals surface area contributed by atoms with Gasteiger partial charge in [0.05, 0.1) is 11.2 Å². The minimum atomic E-state index is -0.498. The van der Waals surface area contributed by atoms with Gasteiger partial charge in [0.1, 0.15) is 17.7 Å². The van der Waals surface area contributed by atoms with Crippen molar-refractivity contribution < 1.29 is 18.7 Å². The molecule has 2 N–H and O–H groups in total. The molecule has 0 radical (unpaired) electrons. The van der Waals surface area contributed by atoms with Crippen LogP contribution in [0.3, 0.4) is 0 Å². The first-order valence-corrected chi connectivity index (χ1v) is 14.1. The van der Waals surface area contributed by atoms with Gasteiger partial charge in [-0.2, -0.15) is 5.10 Å². The lowest BCUT2D eigenvalue weighted by Gasteiger charge is -2.38. The van der Waals surface area contributed by atoms with Gasteiger partial charge >= 0.3 is 0 Å². The van der Waals surface area contributed by atoms with Crippen LogP contribution in [0.4, 0.5) is 4.39 Å². The number of H-pyrrole nitrogens is 1. The van der Waals surface area contributed by atoms with E-state index >= 15 is 0 Å². The summed E-state index contributed by atoms with van der Waals surface area (Å²) in [5.41, 5.74) is 3.25. The highest BCUT2D eigenvalue weighted by Crippen LogP contribution is 2.36. The second kappa shape index (κ2) is 11.4. The maximum atomic E-state index is 14.8. The van der Waals surface area contributed by atoms with Gasteiger partial charge in [0.2, 0.25) is 0 Å². The molecular weight excluding hydrogens is 507 g/mol. The number of nitrogens with one attached hydrogen (secondary N) is 2. The number of ether oxygens (including phenoxy) is 2. The molecule has 0 aliphatic carbocycles. The fraction of sp³-hybridized carbons (Fsp3) is 0.375. The molecule has 2 fully saturated rings. The Balaban J connectivity index is 1.18. The van der Waals surface area contributed by atoms with Crippen LogP contribution in [0, 0.1) is 5.82 Å². The largest absolute Gasteiger partial charge is 0.490 e. The van der Waals surface area contributed by atoms with E-state index in [4.69, 9.17) is 9.47 Å². The van der Waals surface area contributed by atoms with Crippen molar-refractivity contribution in [2.24, 2.45) is 0 Å². The van der Waals surface area contributed by atoms with Crippen LogP contribution in [0.15, 0.2) is 66.7 Å². The molecule has 208 valence electrons. The van der Waals surface area contributed by atoms with Gasteiger partial charge in [0.25, 0.3) is 5.91 Å². The number of hydrogen-bond donors (Lipinski definition) is 2. The average molecular weight is 543 g/mol. The van der Waals surface area contributed by atoms with Gasteiger partial charge in [-0.1, -0.05) is 18.2 Å². The number of piperidine rings is 1. The molecule has 7 nitrogen and oxygen atoms in total. The molecule has 0 saturated carbocycles. The van der Waals surface area contributed by atoms with Crippen molar-refractivity contribution in [2.45, 2.75) is 37.2 Å². The molecule has 40 heavy (non-hydrogen) atoms. The van der Waals surface area contributed by atoms with Crippen molar-refractivity contribution in [2.75, 3.05) is 39.9 Å². The average Bonchev–Trinajstić information content (AvgIpc) is 3.42. The highest BCUT2D eigenvalue weighted by atomic mass is 19.1. The molecule has 1 amide bonds. The lowest BCUT2D eigenvalue weighted by molar-refractivity contribution is 0.0475. The molecule has 2 aliphatic rings. The Hall–Kier alpha value is -3.75. The monoisotopic (exact) mass is 542 g/mol. The van der Waals surface area contributed by atoms with Crippen molar-refractivity contribution in [3.8, 4) is 17.0 Å². The molecule has 2 saturated heterocycles. The number of halogens is 1. The number of likely N-dealkylation sites (tertiary alicyclic amines) is 1. The zero-order valence-corrected chi connectivity index (χ0v) is 22.8. The standard InChI is InChI=1S/C32H35FN4O3/c1-37-16-12-25(13-17-37)40-24-9-6-22(7-10-24)30-26-20-23(8-11-29(26)35-36-30)31(38)34-21-32(14-18-39-19-15-32)27-4-2-3-5-28(27)33/h2-11,20,25H,12-19,21H2,1H3,(H,34,38)(H,35,36). The third-order valence-corrected chi connectivity index (χ3v) is 8.40. The zero-order chi connectivity index (χ0) is 27.5. The minimum Gasteiger partial charge on any atom is -0.490 e. The Morgan fingerprint density at radius 3 is 2.60 bits per heavy atom. The summed E-state index contributed by atoms with van der Waals surface area (Å²) >= 11 is 0. The summed E-state index contributed by atoms with van der Waals surface area (Å²) in [6.07, 6.45) is 3.60. The van der Waals surface area contributed by atoms with Gasteiger partial charge in [0.15, 0.2) is 0 Å². The van der Waals surface area contributed by atoms with E-state index in [1.54, 1.807) is 12.1 Å². The predicted molar refractivity (Wildman–Crippen MR) is 153 cm³/mol. The van der Waals surface area contributed by atoms with Crippen molar-refractivity contribution in [1.82, 2.24) is 20.4 Å². The fourth-order valence-electron chi connectivity index (χ4n) is 5.91. The maximum absolute atomic E-state index is 14.8. The Kier molecular flexibility index (Phi) is 7.54. The number of amides is 1.